The Morgan fingerprint density at radius 2 is 1.67 bits per heavy atom. The summed E-state index contributed by atoms with van der Waals surface area (Å²) in [5, 5.41) is 1.58. The Bertz CT molecular complexity index is 348. The predicted octanol–water partition coefficient (Wildman–Crippen LogP) is 1.69. The second-order valence-corrected chi connectivity index (χ2v) is 4.83. The van der Waals surface area contributed by atoms with Gasteiger partial charge in [-0.05, 0) is 24.8 Å². The maximum absolute atomic E-state index is 11.0. The summed E-state index contributed by atoms with van der Waals surface area (Å²) in [5.74, 6) is 0.286. The van der Waals surface area contributed by atoms with Crippen molar-refractivity contribution in [3.05, 3.63) is 11.6 Å². The first-order valence-electron chi connectivity index (χ1n) is 5.18. The van der Waals surface area contributed by atoms with Gasteiger partial charge in [-0.3, -0.25) is 10.1 Å². The molecule has 0 heterocycles. The Hall–Kier alpha value is -1.85. The molecule has 0 radical (unpaired) electrons. The fraction of sp³-hybridized carbons (Fsp3) is 0.583. The molecule has 0 saturated heterocycles. The van der Waals surface area contributed by atoms with Gasteiger partial charge in [0.15, 0.2) is 5.78 Å². The van der Waals surface area contributed by atoms with Gasteiger partial charge in [0, 0.05) is 6.42 Å². The smallest absolute Gasteiger partial charge is 0.320 e. The number of allylic oxidation sites excluding steroid dienone is 2. The molecule has 6 heteroatoms. The Labute approximate surface area is 108 Å². The summed E-state index contributed by atoms with van der Waals surface area (Å²) in [7, 11) is 0. The molecule has 5 N–H and O–H groups in total. The summed E-state index contributed by atoms with van der Waals surface area (Å²) in [6, 6.07) is -1.88. The first kappa shape index (κ1) is 18.5. The number of primary amides is 2. The van der Waals surface area contributed by atoms with Gasteiger partial charge in [-0.2, -0.15) is 0 Å². The Morgan fingerprint density at radius 1 is 1.22 bits per heavy atom. The van der Waals surface area contributed by atoms with Crippen molar-refractivity contribution in [3.63, 3.8) is 0 Å². The minimum absolute atomic E-state index is 0. The van der Waals surface area contributed by atoms with Crippen LogP contribution >= 0.6 is 0 Å². The van der Waals surface area contributed by atoms with Crippen molar-refractivity contribution in [3.8, 4) is 0 Å². The van der Waals surface area contributed by atoms with E-state index in [1.807, 2.05) is 6.92 Å². The van der Waals surface area contributed by atoms with Crippen LogP contribution in [0.15, 0.2) is 11.6 Å². The highest BCUT2D eigenvalue weighted by Crippen LogP contribution is 2.32. The van der Waals surface area contributed by atoms with Crippen LogP contribution in [0.25, 0.3) is 0 Å². The van der Waals surface area contributed by atoms with Gasteiger partial charge in [0.25, 0.3) is 0 Å². The third kappa shape index (κ3) is 9.38. The molecule has 18 heavy (non-hydrogen) atoms. The average molecular weight is 257 g/mol. The predicted molar refractivity (Wildman–Crippen MR) is 70.8 cm³/mol. The number of carbonyl (C=O) groups is 3. The van der Waals surface area contributed by atoms with Gasteiger partial charge in [0.05, 0.1) is 0 Å². The molecular weight excluding hydrogens is 234 g/mol. The van der Waals surface area contributed by atoms with Gasteiger partial charge in [-0.1, -0.05) is 26.8 Å². The zero-order chi connectivity index (χ0) is 13.6. The van der Waals surface area contributed by atoms with Crippen LogP contribution in [0.5, 0.6) is 0 Å². The monoisotopic (exact) mass is 257 g/mol. The second kappa shape index (κ2) is 7.47. The normalized spacial score (nSPS) is 16.4. The molecule has 0 fully saturated rings. The summed E-state index contributed by atoms with van der Waals surface area (Å²) >= 11 is 0. The quantitative estimate of drug-likeness (QED) is 0.613. The lowest BCUT2D eigenvalue weighted by Crippen LogP contribution is -2.38. The number of hydrogen-bond acceptors (Lipinski definition) is 3. The number of urea groups is 2. The molecule has 0 saturated carbocycles. The lowest BCUT2D eigenvalue weighted by atomic mass is 9.77. The van der Waals surface area contributed by atoms with E-state index in [0.717, 1.165) is 6.42 Å². The number of rotatable bonds is 0. The molecule has 0 atom stereocenters. The van der Waals surface area contributed by atoms with Crippen molar-refractivity contribution < 1.29 is 14.4 Å². The van der Waals surface area contributed by atoms with Crippen molar-refractivity contribution in [1.29, 1.82) is 0 Å². The summed E-state index contributed by atoms with van der Waals surface area (Å²) in [6.07, 6.45) is 3.55. The van der Waals surface area contributed by atoms with Gasteiger partial charge in [0.1, 0.15) is 0 Å². The Kier molecular flexibility index (Phi) is 7.68. The van der Waals surface area contributed by atoms with E-state index >= 15 is 0 Å². The lowest BCUT2D eigenvalue weighted by molar-refractivity contribution is -0.117. The molecule has 0 bridgehead atoms. The van der Waals surface area contributed by atoms with Crippen LogP contribution in [0.2, 0.25) is 0 Å². The molecule has 1 aliphatic rings. The van der Waals surface area contributed by atoms with E-state index in [1.54, 1.807) is 11.4 Å². The fourth-order valence-electron chi connectivity index (χ4n) is 1.79. The Balaban J connectivity index is 0. The molecule has 0 aromatic rings. The van der Waals surface area contributed by atoms with Gasteiger partial charge >= 0.3 is 12.1 Å². The molecule has 6 nitrogen and oxygen atoms in total. The maximum Gasteiger partial charge on any atom is 0.320 e. The highest BCUT2D eigenvalue weighted by atomic mass is 16.2. The average Bonchev–Trinajstić information content (AvgIpc) is 1.95. The fourth-order valence-corrected chi connectivity index (χ4v) is 1.79. The standard InChI is InChI=1S/C9H14O.C2H5N3O2.CH4/c1-7-4-8(10)6-9(2,3)5-7;3-1(6)5-2(4)7;/h4H,5-6H2,1-3H3;(H5,3,4,5,6,7);1H4. The lowest BCUT2D eigenvalue weighted by Gasteiger charge is -2.27. The van der Waals surface area contributed by atoms with Gasteiger partial charge in [-0.15, -0.1) is 0 Å². The number of nitrogens with one attached hydrogen (secondary N) is 1. The molecular formula is C12H23N3O3. The van der Waals surface area contributed by atoms with Crippen molar-refractivity contribution in [2.24, 2.45) is 16.9 Å². The first-order chi connectivity index (χ1) is 7.62. The minimum Gasteiger partial charge on any atom is -0.351 e. The number of imide groups is 1. The zero-order valence-electron chi connectivity index (χ0n) is 10.4. The van der Waals surface area contributed by atoms with Crippen molar-refractivity contribution in [2.75, 3.05) is 0 Å². The van der Waals surface area contributed by atoms with Gasteiger partial charge in [0.2, 0.25) is 0 Å². The highest BCUT2D eigenvalue weighted by Gasteiger charge is 2.25. The molecule has 1 rings (SSSR count). The van der Waals surface area contributed by atoms with Gasteiger partial charge in [-0.25, -0.2) is 9.59 Å². The van der Waals surface area contributed by atoms with E-state index in [1.165, 1.54) is 5.57 Å². The van der Waals surface area contributed by atoms with E-state index in [-0.39, 0.29) is 18.6 Å². The number of carbonyl (C=O) groups excluding carboxylic acids is 3. The third-order valence-corrected chi connectivity index (χ3v) is 2.06. The van der Waals surface area contributed by atoms with Crippen LogP contribution in [-0.4, -0.2) is 17.8 Å². The molecule has 4 amide bonds. The van der Waals surface area contributed by atoms with E-state index in [0.29, 0.717) is 6.42 Å². The Morgan fingerprint density at radius 3 is 1.89 bits per heavy atom. The summed E-state index contributed by atoms with van der Waals surface area (Å²) in [6.45, 7) is 6.31. The van der Waals surface area contributed by atoms with E-state index in [4.69, 9.17) is 0 Å². The minimum atomic E-state index is -0.938. The van der Waals surface area contributed by atoms with E-state index in [9.17, 15) is 14.4 Å². The van der Waals surface area contributed by atoms with Crippen LogP contribution < -0.4 is 16.8 Å². The van der Waals surface area contributed by atoms with Crippen LogP contribution in [0, 0.1) is 5.41 Å². The highest BCUT2D eigenvalue weighted by molar-refractivity contribution is 5.92. The summed E-state index contributed by atoms with van der Waals surface area (Å²) in [4.78, 5) is 30.3. The second-order valence-electron chi connectivity index (χ2n) is 4.83. The third-order valence-electron chi connectivity index (χ3n) is 2.06. The van der Waals surface area contributed by atoms with Crippen LogP contribution in [0.1, 0.15) is 41.0 Å². The molecule has 104 valence electrons. The molecule has 0 aromatic carbocycles. The van der Waals surface area contributed by atoms with Crippen molar-refractivity contribution >= 4 is 17.8 Å². The van der Waals surface area contributed by atoms with Crippen molar-refractivity contribution in [1.82, 2.24) is 5.32 Å². The van der Waals surface area contributed by atoms with Crippen LogP contribution in [-0.2, 0) is 4.79 Å². The molecule has 1 aliphatic carbocycles. The zero-order valence-corrected chi connectivity index (χ0v) is 10.4. The number of ketones is 1. The largest absolute Gasteiger partial charge is 0.351 e. The summed E-state index contributed by atoms with van der Waals surface area (Å²) in [5.41, 5.74) is 10.3. The maximum atomic E-state index is 11.0. The molecule has 0 spiro atoms. The van der Waals surface area contributed by atoms with Crippen LogP contribution in [0.4, 0.5) is 9.59 Å². The van der Waals surface area contributed by atoms with Gasteiger partial charge < -0.3 is 11.5 Å². The first-order valence-corrected chi connectivity index (χ1v) is 5.18. The molecule has 0 unspecified atom stereocenters. The molecule has 0 aromatic heterocycles. The number of nitrogens with two attached hydrogens (primary N) is 2. The summed E-state index contributed by atoms with van der Waals surface area (Å²) < 4.78 is 0. The topological polar surface area (TPSA) is 115 Å². The molecule has 0 aliphatic heterocycles. The van der Waals surface area contributed by atoms with E-state index < -0.39 is 12.1 Å². The van der Waals surface area contributed by atoms with E-state index in [2.05, 4.69) is 25.3 Å². The number of hydrogen-bond donors (Lipinski definition) is 3. The number of amides is 4. The SMILES string of the molecule is C.CC1=CC(=O)CC(C)(C)C1.NC(=O)NC(N)=O. The van der Waals surface area contributed by atoms with Crippen molar-refractivity contribution in [2.45, 2.75) is 41.0 Å². The van der Waals surface area contributed by atoms with Crippen LogP contribution in [0.3, 0.4) is 0 Å².